The normalized spacial score (nSPS) is 17.6. The predicted octanol–water partition coefficient (Wildman–Crippen LogP) is 2.13. The number of amides is 1. The number of carbonyl (C=O) groups excluding carboxylic acids is 1. The van der Waals surface area contributed by atoms with Crippen LogP contribution >= 0.6 is 0 Å². The van der Waals surface area contributed by atoms with Gasteiger partial charge in [0.2, 0.25) is 18.2 Å². The van der Waals surface area contributed by atoms with Crippen molar-refractivity contribution >= 4 is 44.7 Å². The van der Waals surface area contributed by atoms with Gasteiger partial charge in [0.1, 0.15) is 19.0 Å². The van der Waals surface area contributed by atoms with E-state index in [2.05, 4.69) is 9.97 Å². The monoisotopic (exact) mass is 727 g/mol. The summed E-state index contributed by atoms with van der Waals surface area (Å²) in [6.45, 7) is 2.46. The minimum atomic E-state index is -3.67. The molecule has 51 heavy (non-hydrogen) atoms. The summed E-state index contributed by atoms with van der Waals surface area (Å²) < 4.78 is 58.5. The average molecular weight is 728 g/mol. The Morgan fingerprint density at radius 1 is 0.824 bits per heavy atom. The van der Waals surface area contributed by atoms with Crippen molar-refractivity contribution in [2.75, 3.05) is 70.5 Å². The summed E-state index contributed by atoms with van der Waals surface area (Å²) in [5.41, 5.74) is 6.89. The number of aliphatic carboxylic acids is 1. The molecule has 7 rings (SSSR count). The lowest BCUT2D eigenvalue weighted by Gasteiger charge is -2.37. The second-order valence-electron chi connectivity index (χ2n) is 11.2. The zero-order chi connectivity index (χ0) is 36.7. The molecule has 0 bridgehead atoms. The molecule has 0 spiro atoms. The molecule has 3 aliphatic rings. The van der Waals surface area contributed by atoms with Crippen LogP contribution in [0.5, 0.6) is 34.5 Å². The molecule has 272 valence electrons. The van der Waals surface area contributed by atoms with E-state index in [4.69, 9.17) is 43.8 Å². The number of carboxylic acids is 1. The van der Waals surface area contributed by atoms with Crippen molar-refractivity contribution in [2.45, 2.75) is 12.2 Å². The number of piperazine rings is 1. The molecule has 4 heterocycles. The highest BCUT2D eigenvalue weighted by molar-refractivity contribution is 7.85. The second kappa shape index (κ2) is 15.9. The molecule has 2 unspecified atom stereocenters. The topological polar surface area (TPSA) is 222 Å². The Bertz CT molecular complexity index is 1980. The lowest BCUT2D eigenvalue weighted by atomic mass is 10.2. The lowest BCUT2D eigenvalue weighted by Crippen LogP contribution is -2.54. The van der Waals surface area contributed by atoms with E-state index in [9.17, 15) is 18.0 Å². The number of para-hydroxylation sites is 4. The van der Waals surface area contributed by atoms with Crippen molar-refractivity contribution in [1.82, 2.24) is 14.9 Å². The highest BCUT2D eigenvalue weighted by Crippen LogP contribution is 2.35. The predicted molar refractivity (Wildman–Crippen MR) is 184 cm³/mol. The van der Waals surface area contributed by atoms with Gasteiger partial charge in [-0.05, 0) is 30.3 Å². The summed E-state index contributed by atoms with van der Waals surface area (Å²) in [5, 5.41) is 9.35. The molecule has 1 fully saturated rings. The molecule has 3 aromatic carbocycles. The number of fused-ring (bicyclic) bond motifs is 3. The molecular formula is C33H37N5O12S. The lowest BCUT2D eigenvalue weighted by molar-refractivity contribution is -0.147. The van der Waals surface area contributed by atoms with Gasteiger partial charge in [0.05, 0.1) is 26.0 Å². The number of rotatable bonds is 5. The minimum absolute atomic E-state index is 0.0619. The second-order valence-corrected chi connectivity index (χ2v) is 12.7. The molecule has 17 nitrogen and oxygen atoms in total. The number of ether oxygens (including phenoxy) is 6. The SMILES string of the molecule is COc1cc2nc(N3CCN(C(=O)C4COc5ccccc5O4)CC3)nc(N)c2cc1OC.CS(=O)(=O)O.O=C(O)C1COc2ccccc2O1. The maximum absolute atomic E-state index is 13.0. The number of aromatic nitrogens is 2. The van der Waals surface area contributed by atoms with Crippen LogP contribution in [0.15, 0.2) is 60.7 Å². The number of carboxylic acid groups (broad SMARTS) is 1. The fourth-order valence-electron chi connectivity index (χ4n) is 5.22. The van der Waals surface area contributed by atoms with E-state index in [1.54, 1.807) is 55.5 Å². The van der Waals surface area contributed by atoms with Crippen molar-refractivity contribution < 1.29 is 56.1 Å². The molecule has 0 aliphatic carbocycles. The van der Waals surface area contributed by atoms with Gasteiger partial charge in [0, 0.05) is 37.6 Å². The summed E-state index contributed by atoms with van der Waals surface area (Å²) >= 11 is 0. The third-order valence-electron chi connectivity index (χ3n) is 7.66. The van der Waals surface area contributed by atoms with E-state index >= 15 is 0 Å². The summed E-state index contributed by atoms with van der Waals surface area (Å²) in [7, 11) is -0.524. The Hall–Kier alpha value is -5.75. The molecule has 0 radical (unpaired) electrons. The number of hydrogen-bond donors (Lipinski definition) is 3. The van der Waals surface area contributed by atoms with Gasteiger partial charge in [-0.2, -0.15) is 13.4 Å². The van der Waals surface area contributed by atoms with Crippen LogP contribution in [0.25, 0.3) is 10.9 Å². The van der Waals surface area contributed by atoms with E-state index in [1.807, 2.05) is 29.2 Å². The third-order valence-corrected chi connectivity index (χ3v) is 7.66. The summed E-state index contributed by atoms with van der Waals surface area (Å²) in [5.74, 6) is 3.26. The van der Waals surface area contributed by atoms with Gasteiger partial charge in [-0.3, -0.25) is 9.35 Å². The number of nitrogens with two attached hydrogens (primary N) is 1. The first kappa shape index (κ1) is 36.5. The Balaban J connectivity index is 0.000000230. The van der Waals surface area contributed by atoms with Crippen LogP contribution in [0.2, 0.25) is 0 Å². The molecule has 18 heteroatoms. The van der Waals surface area contributed by atoms with Crippen molar-refractivity contribution in [3.8, 4) is 34.5 Å². The van der Waals surface area contributed by atoms with E-state index in [-0.39, 0.29) is 19.1 Å². The van der Waals surface area contributed by atoms with Crippen molar-refractivity contribution in [2.24, 2.45) is 0 Å². The molecule has 0 saturated carbocycles. The van der Waals surface area contributed by atoms with E-state index in [0.29, 0.717) is 89.6 Å². The fraction of sp³-hybridized carbons (Fsp3) is 0.333. The quantitative estimate of drug-likeness (QED) is 0.251. The number of methoxy groups -OCH3 is 2. The maximum atomic E-state index is 13.0. The maximum Gasteiger partial charge on any atom is 0.348 e. The van der Waals surface area contributed by atoms with Gasteiger partial charge in [0.25, 0.3) is 16.0 Å². The van der Waals surface area contributed by atoms with Crippen molar-refractivity contribution in [3.05, 3.63) is 60.7 Å². The molecule has 1 aromatic heterocycles. The van der Waals surface area contributed by atoms with Gasteiger partial charge < -0.3 is 49.1 Å². The largest absolute Gasteiger partial charge is 0.493 e. The molecule has 3 aliphatic heterocycles. The first-order valence-corrected chi connectivity index (χ1v) is 17.3. The first-order chi connectivity index (χ1) is 24.3. The van der Waals surface area contributed by atoms with Crippen LogP contribution in [0.3, 0.4) is 0 Å². The zero-order valence-electron chi connectivity index (χ0n) is 27.9. The Labute approximate surface area is 293 Å². The van der Waals surface area contributed by atoms with E-state index in [0.717, 1.165) is 0 Å². The van der Waals surface area contributed by atoms with Crippen LogP contribution in [0.1, 0.15) is 0 Å². The smallest absolute Gasteiger partial charge is 0.348 e. The number of carbonyl (C=O) groups is 2. The van der Waals surface area contributed by atoms with Gasteiger partial charge in [-0.25, -0.2) is 9.78 Å². The Morgan fingerprint density at radius 3 is 1.84 bits per heavy atom. The first-order valence-electron chi connectivity index (χ1n) is 15.5. The fourth-order valence-corrected chi connectivity index (χ4v) is 5.22. The van der Waals surface area contributed by atoms with Gasteiger partial charge in [-0.1, -0.05) is 24.3 Å². The zero-order valence-corrected chi connectivity index (χ0v) is 28.7. The van der Waals surface area contributed by atoms with Crippen LogP contribution in [-0.4, -0.2) is 117 Å². The molecule has 2 atom stereocenters. The van der Waals surface area contributed by atoms with Gasteiger partial charge in [-0.15, -0.1) is 0 Å². The van der Waals surface area contributed by atoms with Crippen LogP contribution in [-0.2, 0) is 19.7 Å². The Kier molecular flexibility index (Phi) is 11.4. The average Bonchev–Trinajstić information content (AvgIpc) is 3.13. The van der Waals surface area contributed by atoms with E-state index < -0.39 is 28.3 Å². The summed E-state index contributed by atoms with van der Waals surface area (Å²) in [6, 6.07) is 17.9. The highest BCUT2D eigenvalue weighted by atomic mass is 32.2. The summed E-state index contributed by atoms with van der Waals surface area (Å²) in [6.07, 6.45) is -0.830. The van der Waals surface area contributed by atoms with Crippen LogP contribution < -0.4 is 39.1 Å². The Morgan fingerprint density at radius 2 is 1.31 bits per heavy atom. The van der Waals surface area contributed by atoms with Gasteiger partial charge in [0.15, 0.2) is 34.5 Å². The number of nitrogens with zero attached hydrogens (tertiary/aromatic N) is 4. The van der Waals surface area contributed by atoms with Crippen LogP contribution in [0.4, 0.5) is 11.8 Å². The van der Waals surface area contributed by atoms with Crippen LogP contribution in [0, 0.1) is 0 Å². The standard InChI is InChI=1S/C23H25N5O5.C9H8O4.CH4O3S/c1-30-18-11-14-15(12-19(18)31-2)25-23(26-21(14)24)28-9-7-27(8-10-28)22(29)20-13-32-16-5-3-4-6-17(16)33-20;10-9(11)8-5-12-6-3-1-2-4-7(6)13-8;1-5(2,3)4/h3-6,11-12,20H,7-10,13H2,1-2H3,(H2,24,25,26);1-4,8H,5H2,(H,10,11);1H3,(H,2,3,4). The van der Waals surface area contributed by atoms with Crippen molar-refractivity contribution in [1.29, 1.82) is 0 Å². The molecule has 1 amide bonds. The van der Waals surface area contributed by atoms with Gasteiger partial charge >= 0.3 is 5.97 Å². The number of hydrogen-bond acceptors (Lipinski definition) is 14. The van der Waals surface area contributed by atoms with Crippen molar-refractivity contribution in [3.63, 3.8) is 0 Å². The molecule has 1 saturated heterocycles. The number of benzene rings is 3. The van der Waals surface area contributed by atoms with E-state index in [1.165, 1.54) is 0 Å². The minimum Gasteiger partial charge on any atom is -0.493 e. The molecular weight excluding hydrogens is 690 g/mol. The molecule has 4 N–H and O–H groups in total. The number of nitrogen functional groups attached to an aromatic ring is 1. The molecule has 4 aromatic rings. The third kappa shape index (κ3) is 9.28. The summed E-state index contributed by atoms with van der Waals surface area (Å²) in [4.78, 5) is 36.5. The number of anilines is 2. The highest BCUT2D eigenvalue weighted by Gasteiger charge is 2.33.